The Morgan fingerprint density at radius 3 is 2.45 bits per heavy atom. The maximum absolute atomic E-state index is 11.3. The van der Waals surface area contributed by atoms with Crippen molar-refractivity contribution in [2.45, 2.75) is 18.2 Å². The van der Waals surface area contributed by atoms with Crippen molar-refractivity contribution >= 4 is 67.4 Å². The highest BCUT2D eigenvalue weighted by Crippen LogP contribution is 2.40. The maximum atomic E-state index is 11.3. The molecule has 0 unspecified atom stereocenters. The number of benzene rings is 2. The Morgan fingerprint density at radius 1 is 1.16 bits per heavy atom. The fraction of sp³-hybridized carbons (Fsp3) is 0.143. The molecule has 0 aliphatic rings. The molecule has 0 saturated heterocycles. The van der Waals surface area contributed by atoms with Gasteiger partial charge < -0.3 is 5.11 Å². The minimum atomic E-state index is -3.72. The normalized spacial score (nSPS) is 12.2. The van der Waals surface area contributed by atoms with E-state index in [1.54, 1.807) is 30.3 Å². The molecule has 0 saturated carbocycles. The largest absolute Gasteiger partial charge is 0.506 e. The Balaban J connectivity index is 1.69. The molecule has 3 rings (SSSR count). The van der Waals surface area contributed by atoms with Gasteiger partial charge in [-0.25, -0.2) is 13.6 Å². The van der Waals surface area contributed by atoms with Gasteiger partial charge in [0.2, 0.25) is 10.0 Å². The molecule has 0 bridgehead atoms. The number of hydrogen-bond acceptors (Lipinski definition) is 6. The van der Waals surface area contributed by atoms with Crippen LogP contribution >= 0.6 is 46.8 Å². The summed E-state index contributed by atoms with van der Waals surface area (Å²) >= 11 is 18.9. The van der Waals surface area contributed by atoms with Gasteiger partial charge in [0.1, 0.15) is 5.75 Å². The van der Waals surface area contributed by atoms with Gasteiger partial charge in [-0.15, -0.1) is 11.3 Å². The van der Waals surface area contributed by atoms with Crippen molar-refractivity contribution in [3.05, 3.63) is 69.0 Å². The van der Waals surface area contributed by atoms with Gasteiger partial charge in [-0.3, -0.25) is 4.99 Å². The third-order valence-electron chi connectivity index (χ3n) is 4.48. The van der Waals surface area contributed by atoms with Gasteiger partial charge in [-0.2, -0.15) is 0 Å². The van der Waals surface area contributed by atoms with Gasteiger partial charge in [-0.1, -0.05) is 53.6 Å². The maximum Gasteiger partial charge on any atom is 0.238 e. The molecule has 162 valence electrons. The van der Waals surface area contributed by atoms with Crippen LogP contribution in [0.2, 0.25) is 10.0 Å². The molecule has 0 spiro atoms. The lowest BCUT2D eigenvalue weighted by Gasteiger charge is -2.05. The second kappa shape index (κ2) is 9.77. The monoisotopic (exact) mass is 512 g/mol. The van der Waals surface area contributed by atoms with Crippen molar-refractivity contribution in [3.8, 4) is 16.2 Å². The van der Waals surface area contributed by atoms with Crippen LogP contribution in [0.4, 0.5) is 0 Å². The molecule has 1 heterocycles. The molecule has 0 radical (unpaired) electrons. The van der Waals surface area contributed by atoms with Crippen LogP contribution in [-0.2, 0) is 16.4 Å². The van der Waals surface area contributed by atoms with E-state index in [9.17, 15) is 13.5 Å². The predicted molar refractivity (Wildman–Crippen MR) is 133 cm³/mol. The van der Waals surface area contributed by atoms with Crippen LogP contribution in [0.5, 0.6) is 5.75 Å². The fourth-order valence-electron chi connectivity index (χ4n) is 2.82. The fourth-order valence-corrected chi connectivity index (χ4v) is 4.87. The average Bonchev–Trinajstić information content (AvgIpc) is 3.09. The molecule has 3 N–H and O–H groups in total. The molecule has 2 aromatic carbocycles. The lowest BCUT2D eigenvalue weighted by Crippen LogP contribution is -2.12. The second-order valence-electron chi connectivity index (χ2n) is 6.76. The van der Waals surface area contributed by atoms with E-state index in [1.807, 2.05) is 12.3 Å². The van der Waals surface area contributed by atoms with Crippen molar-refractivity contribution in [2.75, 3.05) is 6.54 Å². The molecule has 3 aromatic rings. The number of sulfonamides is 1. The van der Waals surface area contributed by atoms with Crippen molar-refractivity contribution in [1.82, 2.24) is 0 Å². The summed E-state index contributed by atoms with van der Waals surface area (Å²) in [6.45, 7) is 2.11. The average molecular weight is 513 g/mol. The van der Waals surface area contributed by atoms with Gasteiger partial charge in [0.15, 0.2) is 0 Å². The zero-order chi connectivity index (χ0) is 22.8. The van der Waals surface area contributed by atoms with E-state index in [1.165, 1.54) is 23.5 Å². The van der Waals surface area contributed by atoms with E-state index in [2.05, 4.69) is 4.99 Å². The van der Waals surface area contributed by atoms with Gasteiger partial charge in [0.05, 0.1) is 26.4 Å². The first-order chi connectivity index (χ1) is 14.6. The third-order valence-corrected chi connectivity index (χ3v) is 7.44. The summed E-state index contributed by atoms with van der Waals surface area (Å²) in [6, 6.07) is 11.5. The quantitative estimate of drug-likeness (QED) is 0.323. The number of thiophene rings is 1. The summed E-state index contributed by atoms with van der Waals surface area (Å²) in [5.74, 6) is 0.133. The Hall–Kier alpha value is -1.81. The first kappa shape index (κ1) is 23.8. The van der Waals surface area contributed by atoms with Crippen LogP contribution in [0.1, 0.15) is 18.1 Å². The standard InChI is InChI=1S/C21H18Cl2N2O3S3/c1-12(17-11-30-21(20(17)26)14-4-7-18(22)19(23)9-14)25-10-15(29)8-13-2-5-16(6-3-13)31(24,27)28/h2-7,9,11,26H,8,10H2,1H3,(H2,24,27,28). The summed E-state index contributed by atoms with van der Waals surface area (Å²) in [5, 5.41) is 18.5. The number of halogens is 2. The molecular weight excluding hydrogens is 495 g/mol. The van der Waals surface area contributed by atoms with Crippen LogP contribution in [0.15, 0.2) is 57.7 Å². The topological polar surface area (TPSA) is 92.8 Å². The van der Waals surface area contributed by atoms with Crippen LogP contribution in [0.3, 0.4) is 0 Å². The number of nitrogens with zero attached hydrogens (tertiary/aromatic N) is 1. The number of aromatic hydroxyl groups is 1. The first-order valence-electron chi connectivity index (χ1n) is 8.97. The van der Waals surface area contributed by atoms with E-state index in [-0.39, 0.29) is 10.6 Å². The van der Waals surface area contributed by atoms with E-state index in [0.717, 1.165) is 11.1 Å². The number of nitrogens with two attached hydrogens (primary N) is 1. The van der Waals surface area contributed by atoms with E-state index in [4.69, 9.17) is 40.6 Å². The lowest BCUT2D eigenvalue weighted by molar-refractivity contribution is 0.478. The summed E-state index contributed by atoms with van der Waals surface area (Å²) in [5.41, 5.74) is 2.93. The molecule has 10 heteroatoms. The molecule has 5 nitrogen and oxygen atoms in total. The molecule has 0 atom stereocenters. The highest BCUT2D eigenvalue weighted by Gasteiger charge is 2.15. The molecule has 31 heavy (non-hydrogen) atoms. The smallest absolute Gasteiger partial charge is 0.238 e. The zero-order valence-electron chi connectivity index (χ0n) is 16.3. The molecular formula is C21H18Cl2N2O3S3. The van der Waals surface area contributed by atoms with Crippen LogP contribution in [0.25, 0.3) is 10.4 Å². The minimum Gasteiger partial charge on any atom is -0.506 e. The lowest BCUT2D eigenvalue weighted by atomic mass is 10.1. The van der Waals surface area contributed by atoms with Gasteiger partial charge in [-0.05, 0) is 42.3 Å². The Labute approximate surface area is 200 Å². The number of rotatable bonds is 7. The SMILES string of the molecule is CC(=NCC(=S)Cc1ccc(S(N)(=O)=O)cc1)c1csc(-c2ccc(Cl)c(Cl)c2)c1O. The van der Waals surface area contributed by atoms with Crippen LogP contribution in [-0.4, -0.2) is 30.6 Å². The van der Waals surface area contributed by atoms with Crippen molar-refractivity contribution in [3.63, 3.8) is 0 Å². The number of primary sulfonamides is 1. The van der Waals surface area contributed by atoms with Crippen LogP contribution in [0, 0.1) is 0 Å². The van der Waals surface area contributed by atoms with Crippen molar-refractivity contribution in [2.24, 2.45) is 10.1 Å². The molecule has 0 amide bonds. The van der Waals surface area contributed by atoms with E-state index in [0.29, 0.717) is 44.0 Å². The molecule has 0 aliphatic heterocycles. The minimum absolute atomic E-state index is 0.0572. The Bertz CT molecular complexity index is 1270. The van der Waals surface area contributed by atoms with E-state index >= 15 is 0 Å². The number of thiocarbonyl (C=S) groups is 1. The van der Waals surface area contributed by atoms with Crippen molar-refractivity contribution < 1.29 is 13.5 Å². The Kier molecular flexibility index (Phi) is 7.51. The summed E-state index contributed by atoms with van der Waals surface area (Å²) in [6.07, 6.45) is 0.473. The highest BCUT2D eigenvalue weighted by molar-refractivity contribution is 7.89. The summed E-state index contributed by atoms with van der Waals surface area (Å²) in [7, 11) is -3.72. The Morgan fingerprint density at radius 2 is 1.84 bits per heavy atom. The second-order valence-corrected chi connectivity index (χ2v) is 10.6. The van der Waals surface area contributed by atoms with Gasteiger partial charge in [0, 0.05) is 27.9 Å². The number of hydrogen-bond donors (Lipinski definition) is 2. The molecule has 1 aromatic heterocycles. The molecule has 0 fully saturated rings. The van der Waals surface area contributed by atoms with E-state index < -0.39 is 10.0 Å². The van der Waals surface area contributed by atoms with Crippen molar-refractivity contribution in [1.29, 1.82) is 0 Å². The van der Waals surface area contributed by atoms with Gasteiger partial charge >= 0.3 is 0 Å². The molecule has 0 aliphatic carbocycles. The highest BCUT2D eigenvalue weighted by atomic mass is 35.5. The zero-order valence-corrected chi connectivity index (χ0v) is 20.3. The van der Waals surface area contributed by atoms with Crippen LogP contribution < -0.4 is 5.14 Å². The summed E-state index contributed by atoms with van der Waals surface area (Å²) < 4.78 is 22.7. The third kappa shape index (κ3) is 5.91. The predicted octanol–water partition coefficient (Wildman–Crippen LogP) is 5.50. The van der Waals surface area contributed by atoms with Gasteiger partial charge in [0.25, 0.3) is 0 Å². The summed E-state index contributed by atoms with van der Waals surface area (Å²) in [4.78, 5) is 5.93. The first-order valence-corrected chi connectivity index (χ1v) is 12.6. The number of aliphatic imine (C=N–C) groups is 1.